The summed E-state index contributed by atoms with van der Waals surface area (Å²) < 4.78 is 12.3. The first kappa shape index (κ1) is 16.6. The van der Waals surface area contributed by atoms with Gasteiger partial charge in [0.1, 0.15) is 12.0 Å². The molecule has 0 amide bonds. The van der Waals surface area contributed by atoms with Gasteiger partial charge in [-0.05, 0) is 62.5 Å². The number of nitrogens with zero attached hydrogens (tertiary/aromatic N) is 3. The lowest BCUT2D eigenvalue weighted by Crippen LogP contribution is -2.38. The Balaban J connectivity index is 1.27. The maximum absolute atomic E-state index is 12.3. The molecule has 6 rings (SSSR count). The molecule has 1 aromatic rings. The first-order chi connectivity index (χ1) is 12.4. The Morgan fingerprint density at radius 2 is 2.19 bits per heavy atom. The van der Waals surface area contributed by atoms with E-state index in [9.17, 15) is 4.57 Å². The molecular formula is C18H27N6OP. The zero-order valence-electron chi connectivity index (χ0n) is 15.4. The van der Waals surface area contributed by atoms with Crippen molar-refractivity contribution >= 4 is 18.9 Å². The average Bonchev–Trinajstić information content (AvgIpc) is 3.04. The molecular weight excluding hydrogens is 347 g/mol. The van der Waals surface area contributed by atoms with Gasteiger partial charge >= 0.3 is 0 Å². The summed E-state index contributed by atoms with van der Waals surface area (Å²) in [6, 6.07) is 2.42. The van der Waals surface area contributed by atoms with Crippen LogP contribution in [0, 0.1) is 11.3 Å². The van der Waals surface area contributed by atoms with Crippen molar-refractivity contribution in [1.29, 1.82) is 0 Å². The van der Waals surface area contributed by atoms with Crippen LogP contribution in [0.5, 0.6) is 0 Å². The van der Waals surface area contributed by atoms with E-state index >= 15 is 0 Å². The van der Waals surface area contributed by atoms with Crippen molar-refractivity contribution in [3.05, 3.63) is 24.0 Å². The smallest absolute Gasteiger partial charge is 0.227 e. The van der Waals surface area contributed by atoms with E-state index in [4.69, 9.17) is 4.98 Å². The van der Waals surface area contributed by atoms with Gasteiger partial charge in [-0.15, -0.1) is 0 Å². The highest BCUT2D eigenvalue weighted by Crippen LogP contribution is 2.58. The standard InChI is InChI=1S/C18H27N6OP/c1-26(2,25)11-18-8-13(9-18)24(10-18)17-19-6-5-15(21-17)20-16-7-14(22-23-16)12-3-4-12/h5-7,12-13,16,22-23H,3-4,8-11H2,1-2H3,(H,19,20,21). The molecule has 1 aromatic heterocycles. The highest BCUT2D eigenvalue weighted by Gasteiger charge is 2.56. The number of hydrazine groups is 1. The minimum absolute atomic E-state index is 0.0537. The number of hydrogen-bond donors (Lipinski definition) is 3. The molecule has 8 heteroatoms. The van der Waals surface area contributed by atoms with Gasteiger partial charge in [0.25, 0.3) is 0 Å². The molecule has 1 unspecified atom stereocenters. The minimum Gasteiger partial charge on any atom is -0.350 e. The Morgan fingerprint density at radius 1 is 1.38 bits per heavy atom. The fourth-order valence-corrected chi connectivity index (χ4v) is 6.84. The SMILES string of the molecule is CP(C)(=O)CC12CC(C1)N(c1nccc(NC3C=C(C4CC4)NN3)n1)C2. The number of aromatic nitrogens is 2. The fourth-order valence-electron chi connectivity index (χ4n) is 4.86. The van der Waals surface area contributed by atoms with Crippen molar-refractivity contribution in [2.45, 2.75) is 37.9 Å². The Morgan fingerprint density at radius 3 is 2.92 bits per heavy atom. The molecule has 2 aliphatic carbocycles. The second-order valence-electron chi connectivity index (χ2n) is 8.95. The zero-order valence-corrected chi connectivity index (χ0v) is 16.3. The summed E-state index contributed by atoms with van der Waals surface area (Å²) in [7, 11) is -2.00. The van der Waals surface area contributed by atoms with Crippen LogP contribution in [0.1, 0.15) is 25.7 Å². The van der Waals surface area contributed by atoms with E-state index in [1.54, 1.807) is 0 Å². The first-order valence-electron chi connectivity index (χ1n) is 9.53. The van der Waals surface area contributed by atoms with Gasteiger partial charge in [0.2, 0.25) is 5.95 Å². The van der Waals surface area contributed by atoms with Gasteiger partial charge in [-0.1, -0.05) is 0 Å². The van der Waals surface area contributed by atoms with Gasteiger partial charge in [0, 0.05) is 30.6 Å². The number of fused-ring (bicyclic) bond motifs is 1. The molecule has 2 saturated carbocycles. The monoisotopic (exact) mass is 374 g/mol. The molecule has 3 N–H and O–H groups in total. The number of anilines is 2. The molecule has 4 heterocycles. The summed E-state index contributed by atoms with van der Waals surface area (Å²) >= 11 is 0. The Hall–Kier alpha value is -1.59. The molecule has 0 spiro atoms. The quantitative estimate of drug-likeness (QED) is 0.659. The largest absolute Gasteiger partial charge is 0.350 e. The van der Waals surface area contributed by atoms with E-state index in [1.165, 1.54) is 18.5 Å². The molecule has 1 atom stereocenters. The lowest BCUT2D eigenvalue weighted by atomic mass is 9.72. The van der Waals surface area contributed by atoms with Crippen LogP contribution in [-0.2, 0) is 4.57 Å². The number of allylic oxidation sites excluding steroid dienone is 1. The van der Waals surface area contributed by atoms with Gasteiger partial charge in [0.15, 0.2) is 0 Å². The van der Waals surface area contributed by atoms with E-state index in [1.807, 2.05) is 25.6 Å². The summed E-state index contributed by atoms with van der Waals surface area (Å²) in [6.45, 7) is 4.75. The summed E-state index contributed by atoms with van der Waals surface area (Å²) in [5.41, 5.74) is 8.03. The summed E-state index contributed by atoms with van der Waals surface area (Å²) in [5, 5.41) is 3.42. The molecule has 2 bridgehead atoms. The van der Waals surface area contributed by atoms with Gasteiger partial charge in [-0.25, -0.2) is 10.4 Å². The van der Waals surface area contributed by atoms with Gasteiger partial charge in [0.05, 0.1) is 7.14 Å². The van der Waals surface area contributed by atoms with E-state index in [0.717, 1.165) is 37.3 Å². The Bertz CT molecular complexity index is 795. The van der Waals surface area contributed by atoms with Crippen LogP contribution in [0.25, 0.3) is 0 Å². The summed E-state index contributed by atoms with van der Waals surface area (Å²) in [4.78, 5) is 11.6. The van der Waals surface area contributed by atoms with Gasteiger partial charge in [-0.3, -0.25) is 0 Å². The topological polar surface area (TPSA) is 82.2 Å². The first-order valence-corrected chi connectivity index (χ1v) is 12.3. The predicted octanol–water partition coefficient (Wildman–Crippen LogP) is 2.21. The number of rotatable bonds is 6. The van der Waals surface area contributed by atoms with Crippen molar-refractivity contribution in [2.24, 2.45) is 11.3 Å². The molecule has 7 nitrogen and oxygen atoms in total. The lowest BCUT2D eigenvalue weighted by Gasteiger charge is -2.37. The van der Waals surface area contributed by atoms with Gasteiger partial charge in [-0.2, -0.15) is 4.98 Å². The van der Waals surface area contributed by atoms with E-state index in [0.29, 0.717) is 12.0 Å². The van der Waals surface area contributed by atoms with Crippen LogP contribution in [-0.4, -0.2) is 48.2 Å². The Kier molecular flexibility index (Phi) is 3.63. The normalized spacial score (nSPS) is 32.8. The van der Waals surface area contributed by atoms with Crippen molar-refractivity contribution in [1.82, 2.24) is 20.8 Å². The van der Waals surface area contributed by atoms with E-state index < -0.39 is 7.14 Å². The molecule has 3 aliphatic heterocycles. The van der Waals surface area contributed by atoms with E-state index in [2.05, 4.69) is 32.1 Å². The fraction of sp³-hybridized carbons (Fsp3) is 0.667. The molecule has 4 fully saturated rings. The lowest BCUT2D eigenvalue weighted by molar-refractivity contribution is 0.232. The molecule has 2 saturated heterocycles. The number of nitrogens with one attached hydrogen (secondary N) is 3. The predicted molar refractivity (Wildman–Crippen MR) is 104 cm³/mol. The van der Waals surface area contributed by atoms with Crippen molar-refractivity contribution in [3.8, 4) is 0 Å². The third-order valence-electron chi connectivity index (χ3n) is 5.94. The van der Waals surface area contributed by atoms with Crippen LogP contribution in [0.2, 0.25) is 0 Å². The second kappa shape index (κ2) is 5.70. The maximum Gasteiger partial charge on any atom is 0.227 e. The molecule has 5 aliphatic rings. The molecule has 140 valence electrons. The highest BCUT2D eigenvalue weighted by atomic mass is 31.2. The third-order valence-corrected chi connectivity index (χ3v) is 7.37. The molecule has 0 radical (unpaired) electrons. The van der Waals surface area contributed by atoms with Crippen LogP contribution < -0.4 is 21.1 Å². The van der Waals surface area contributed by atoms with E-state index in [-0.39, 0.29) is 11.6 Å². The van der Waals surface area contributed by atoms with Crippen molar-refractivity contribution < 1.29 is 4.57 Å². The zero-order chi connectivity index (χ0) is 17.9. The summed E-state index contributed by atoms with van der Waals surface area (Å²) in [6.07, 6.45) is 9.75. The number of hydrogen-bond acceptors (Lipinski definition) is 7. The van der Waals surface area contributed by atoms with Crippen molar-refractivity contribution in [3.63, 3.8) is 0 Å². The summed E-state index contributed by atoms with van der Waals surface area (Å²) in [5.74, 6) is 2.33. The third kappa shape index (κ3) is 3.12. The second-order valence-corrected chi connectivity index (χ2v) is 12.4. The van der Waals surface area contributed by atoms with Crippen LogP contribution in [0.4, 0.5) is 11.8 Å². The van der Waals surface area contributed by atoms with Gasteiger partial charge < -0.3 is 20.2 Å². The molecule has 26 heavy (non-hydrogen) atoms. The highest BCUT2D eigenvalue weighted by molar-refractivity contribution is 7.62. The van der Waals surface area contributed by atoms with Crippen LogP contribution in [0.15, 0.2) is 24.0 Å². The Labute approximate surface area is 154 Å². The van der Waals surface area contributed by atoms with Crippen LogP contribution in [0.3, 0.4) is 0 Å². The van der Waals surface area contributed by atoms with Crippen molar-refractivity contribution in [2.75, 3.05) is 36.3 Å². The minimum atomic E-state index is -2.00. The van der Waals surface area contributed by atoms with Crippen LogP contribution >= 0.6 is 7.14 Å². The maximum atomic E-state index is 12.3. The average molecular weight is 374 g/mol. The molecule has 0 aromatic carbocycles.